The van der Waals surface area contributed by atoms with Crippen LogP contribution in [0, 0.1) is 0 Å². The van der Waals surface area contributed by atoms with Crippen LogP contribution in [0.4, 0.5) is 4.79 Å². The van der Waals surface area contributed by atoms with Crippen LogP contribution in [0.15, 0.2) is 0 Å². The van der Waals surface area contributed by atoms with Gasteiger partial charge in [0.25, 0.3) is 0 Å². The zero-order valence-electron chi connectivity index (χ0n) is 4.81. The minimum absolute atomic E-state index is 0. The average molecular weight is 196 g/mol. The summed E-state index contributed by atoms with van der Waals surface area (Å²) in [6.45, 7) is 0. The Morgan fingerprint density at radius 3 is 1.20 bits per heavy atom. The number of amides is 2. The van der Waals surface area contributed by atoms with Crippen LogP contribution in [0.3, 0.4) is 0 Å². The minimum atomic E-state index is -5.17. The number of nitrogens with two attached hydrogens (primary N) is 2. The molecule has 0 unspecified atom stereocenters. The third-order valence-corrected chi connectivity index (χ3v) is 0. The molecule has 0 spiro atoms. The van der Waals surface area contributed by atoms with Crippen LogP contribution in [-0.2, 0) is 10.4 Å². The Labute approximate surface area is 87.3 Å². The maximum Gasteiger partial charge on any atom is 2.00 e. The van der Waals surface area contributed by atoms with Crippen molar-refractivity contribution in [2.75, 3.05) is 0 Å². The molecule has 0 fully saturated rings. The second-order valence-corrected chi connectivity index (χ2v) is 1.63. The molecule has 0 aliphatic rings. The van der Waals surface area contributed by atoms with E-state index in [0.717, 1.165) is 0 Å². The van der Waals surface area contributed by atoms with Gasteiger partial charge < -0.3 is 20.6 Å². The molecule has 7 nitrogen and oxygen atoms in total. The molecule has 0 aromatic carbocycles. The van der Waals surface area contributed by atoms with Gasteiger partial charge in [0.05, 0.1) is 0 Å². The van der Waals surface area contributed by atoms with Crippen LogP contribution >= 0.6 is 0 Å². The Balaban J connectivity index is -0.0000000910. The molecule has 0 aromatic rings. The minimum Gasteiger partial charge on any atom is -0.759 e. The first kappa shape index (κ1) is 16.8. The molecule has 0 aliphatic carbocycles. The number of hydrogen-bond acceptors (Lipinski definition) is 5. The zero-order valence-corrected chi connectivity index (χ0v) is 7.84. The number of carbonyl (C=O) groups is 1. The fourth-order valence-corrected chi connectivity index (χ4v) is 0. The van der Waals surface area contributed by atoms with Gasteiger partial charge in [0.1, 0.15) is 0 Å². The SMILES string of the molecule is NC(N)=O.O=S(=O)([O-])[O-].[Ca+2]. The van der Waals surface area contributed by atoms with E-state index in [-0.39, 0.29) is 37.7 Å². The second-order valence-electron chi connectivity index (χ2n) is 0.811. The first-order chi connectivity index (χ1) is 3.73. The van der Waals surface area contributed by atoms with Gasteiger partial charge in [-0.3, -0.25) is 8.42 Å². The quantitative estimate of drug-likeness (QED) is 0.245. The number of rotatable bonds is 0. The predicted molar refractivity (Wildman–Crippen MR) is 30.0 cm³/mol. The van der Waals surface area contributed by atoms with Crippen LogP contribution in [0.5, 0.6) is 0 Å². The van der Waals surface area contributed by atoms with E-state index in [4.69, 9.17) is 22.3 Å². The van der Waals surface area contributed by atoms with E-state index in [0.29, 0.717) is 0 Å². The first-order valence-corrected chi connectivity index (χ1v) is 2.78. The molecule has 9 heteroatoms. The molecule has 56 valence electrons. The summed E-state index contributed by atoms with van der Waals surface area (Å²) in [4.78, 5) is 9.00. The molecular weight excluding hydrogens is 192 g/mol. The smallest absolute Gasteiger partial charge is 0.759 e. The van der Waals surface area contributed by atoms with Crippen LogP contribution in [0.2, 0.25) is 0 Å². The van der Waals surface area contributed by atoms with Crippen molar-refractivity contribution < 1.29 is 22.3 Å². The van der Waals surface area contributed by atoms with E-state index in [1.54, 1.807) is 0 Å². The summed E-state index contributed by atoms with van der Waals surface area (Å²) in [6, 6.07) is -0.833. The number of primary amides is 2. The summed E-state index contributed by atoms with van der Waals surface area (Å²) < 4.78 is 34.1. The predicted octanol–water partition coefficient (Wildman–Crippen LogP) is -2.70. The maximum atomic E-state index is 9.00. The molecule has 2 amide bonds. The summed E-state index contributed by atoms with van der Waals surface area (Å²) in [7, 11) is -5.17. The van der Waals surface area contributed by atoms with Crippen molar-refractivity contribution in [3.63, 3.8) is 0 Å². The summed E-state index contributed by atoms with van der Waals surface area (Å²) in [6.07, 6.45) is 0. The Hall–Kier alpha value is 0.400. The first-order valence-electron chi connectivity index (χ1n) is 1.45. The van der Waals surface area contributed by atoms with Gasteiger partial charge in [0, 0.05) is 10.4 Å². The molecule has 0 saturated heterocycles. The van der Waals surface area contributed by atoms with Crippen molar-refractivity contribution in [3.8, 4) is 0 Å². The van der Waals surface area contributed by atoms with E-state index < -0.39 is 16.4 Å². The van der Waals surface area contributed by atoms with E-state index in [1.807, 2.05) is 0 Å². The molecule has 0 rings (SSSR count). The van der Waals surface area contributed by atoms with Crippen molar-refractivity contribution >= 4 is 54.2 Å². The second kappa shape index (κ2) is 7.51. The zero-order chi connectivity index (χ0) is 8.08. The van der Waals surface area contributed by atoms with Crippen LogP contribution in [0.25, 0.3) is 0 Å². The van der Waals surface area contributed by atoms with E-state index in [2.05, 4.69) is 11.5 Å². The Morgan fingerprint density at radius 2 is 1.20 bits per heavy atom. The van der Waals surface area contributed by atoms with Crippen molar-refractivity contribution in [2.24, 2.45) is 11.5 Å². The van der Waals surface area contributed by atoms with E-state index in [1.165, 1.54) is 0 Å². The number of carbonyl (C=O) groups excluding carboxylic acids is 1. The summed E-state index contributed by atoms with van der Waals surface area (Å²) >= 11 is 0. The fourth-order valence-electron chi connectivity index (χ4n) is 0. The molecule has 0 aliphatic heterocycles. The molecule has 0 bridgehead atoms. The summed E-state index contributed by atoms with van der Waals surface area (Å²) in [5.41, 5.74) is 8.50. The van der Waals surface area contributed by atoms with E-state index in [9.17, 15) is 0 Å². The fraction of sp³-hybridized carbons (Fsp3) is 0. The summed E-state index contributed by atoms with van der Waals surface area (Å²) in [5, 5.41) is 0. The van der Waals surface area contributed by atoms with Crippen LogP contribution in [-0.4, -0.2) is 61.3 Å². The monoisotopic (exact) mass is 196 g/mol. The molecule has 0 atom stereocenters. The van der Waals surface area contributed by atoms with Crippen molar-refractivity contribution in [3.05, 3.63) is 0 Å². The standard InChI is InChI=1S/CH4N2O.Ca.H2O4S/c2-1(3)4;;1-5(2,3)4/h(H4,2,3,4);;(H2,1,2,3,4)/q;+2;/p-2. The van der Waals surface area contributed by atoms with Gasteiger partial charge >= 0.3 is 43.8 Å². The topological polar surface area (TPSA) is 149 Å². The molecule has 0 heterocycles. The third kappa shape index (κ3) is 2880. The molecule has 0 aromatic heterocycles. The molecule has 4 N–H and O–H groups in total. The molecule has 0 radical (unpaired) electrons. The van der Waals surface area contributed by atoms with Crippen molar-refractivity contribution in [1.29, 1.82) is 0 Å². The maximum absolute atomic E-state index is 9.00. The van der Waals surface area contributed by atoms with Crippen LogP contribution < -0.4 is 11.5 Å². The van der Waals surface area contributed by atoms with Gasteiger partial charge in [-0.15, -0.1) is 0 Å². The molecule has 10 heavy (non-hydrogen) atoms. The Morgan fingerprint density at radius 1 is 1.20 bits per heavy atom. The largest absolute Gasteiger partial charge is 2.00 e. The van der Waals surface area contributed by atoms with Gasteiger partial charge in [-0.1, -0.05) is 0 Å². The van der Waals surface area contributed by atoms with Gasteiger partial charge in [-0.25, -0.2) is 4.79 Å². The Bertz CT molecular complexity index is 162. The number of urea groups is 1. The van der Waals surface area contributed by atoms with Crippen molar-refractivity contribution in [2.45, 2.75) is 0 Å². The van der Waals surface area contributed by atoms with Gasteiger partial charge in [-0.2, -0.15) is 0 Å². The van der Waals surface area contributed by atoms with Crippen LogP contribution in [0.1, 0.15) is 0 Å². The normalized spacial score (nSPS) is 8.20. The average Bonchev–Trinajstić information content (AvgIpc) is 1.19. The molecular formula is CH4CaN2O5S. The van der Waals surface area contributed by atoms with Gasteiger partial charge in [0.15, 0.2) is 0 Å². The third-order valence-electron chi connectivity index (χ3n) is 0. The molecule has 0 saturated carbocycles. The number of hydrogen-bond donors (Lipinski definition) is 2. The van der Waals surface area contributed by atoms with Gasteiger partial charge in [-0.05, 0) is 0 Å². The van der Waals surface area contributed by atoms with E-state index >= 15 is 0 Å². The Kier molecular flexibility index (Phi) is 12.6. The van der Waals surface area contributed by atoms with Gasteiger partial charge in [0.2, 0.25) is 0 Å². The van der Waals surface area contributed by atoms with Crippen molar-refractivity contribution in [1.82, 2.24) is 0 Å². The summed E-state index contributed by atoms with van der Waals surface area (Å²) in [5.74, 6) is 0.